The Hall–Kier alpha value is -1.85. The second kappa shape index (κ2) is 6.28. The summed E-state index contributed by atoms with van der Waals surface area (Å²) < 4.78 is 2.22. The lowest BCUT2D eigenvalue weighted by atomic mass is 10.2. The standard InChI is InChI=1S/C16H23N5/c1-19-7-9-20(10-8-19)11-12-21-6-5-18-16(21)14-3-2-4-15(17)13-14/h2-6,13H,7-12,17H2,1H3. The second-order valence-electron chi connectivity index (χ2n) is 5.71. The molecular formula is C16H23N5. The van der Waals surface area contributed by atoms with Crippen molar-refractivity contribution in [1.82, 2.24) is 19.4 Å². The number of hydrogen-bond acceptors (Lipinski definition) is 4. The van der Waals surface area contributed by atoms with Crippen LogP contribution in [0.5, 0.6) is 0 Å². The predicted molar refractivity (Wildman–Crippen MR) is 86.0 cm³/mol. The maximum absolute atomic E-state index is 5.87. The number of aromatic nitrogens is 2. The summed E-state index contributed by atoms with van der Waals surface area (Å²) in [5.74, 6) is 0.997. The first-order chi connectivity index (χ1) is 10.2. The van der Waals surface area contributed by atoms with E-state index in [1.54, 1.807) is 0 Å². The van der Waals surface area contributed by atoms with Crippen LogP contribution < -0.4 is 5.73 Å². The van der Waals surface area contributed by atoms with Crippen molar-refractivity contribution >= 4 is 5.69 Å². The smallest absolute Gasteiger partial charge is 0.139 e. The number of benzene rings is 1. The van der Waals surface area contributed by atoms with Crippen LogP contribution in [0, 0.1) is 0 Å². The molecule has 1 aliphatic rings. The molecule has 1 saturated heterocycles. The molecule has 0 spiro atoms. The van der Waals surface area contributed by atoms with Gasteiger partial charge >= 0.3 is 0 Å². The first-order valence-corrected chi connectivity index (χ1v) is 7.50. The number of piperazine rings is 1. The van der Waals surface area contributed by atoms with Crippen molar-refractivity contribution in [1.29, 1.82) is 0 Å². The summed E-state index contributed by atoms with van der Waals surface area (Å²) in [7, 11) is 2.19. The first kappa shape index (κ1) is 14.1. The third kappa shape index (κ3) is 3.43. The molecule has 0 amide bonds. The number of rotatable bonds is 4. The van der Waals surface area contributed by atoms with Crippen LogP contribution in [0.15, 0.2) is 36.7 Å². The van der Waals surface area contributed by atoms with Crippen LogP contribution in [0.25, 0.3) is 11.4 Å². The normalized spacial score (nSPS) is 17.2. The molecule has 2 heterocycles. The summed E-state index contributed by atoms with van der Waals surface area (Å²) in [6, 6.07) is 7.92. The largest absolute Gasteiger partial charge is 0.399 e. The van der Waals surface area contributed by atoms with Gasteiger partial charge in [-0.1, -0.05) is 12.1 Å². The molecule has 1 fully saturated rings. The molecule has 1 aliphatic heterocycles. The van der Waals surface area contributed by atoms with Crippen LogP contribution in [0.2, 0.25) is 0 Å². The van der Waals surface area contributed by atoms with Crippen LogP contribution in [-0.2, 0) is 6.54 Å². The van der Waals surface area contributed by atoms with Crippen molar-refractivity contribution < 1.29 is 0 Å². The third-order valence-electron chi connectivity index (χ3n) is 4.11. The molecule has 0 atom stereocenters. The third-order valence-corrected chi connectivity index (χ3v) is 4.11. The molecular weight excluding hydrogens is 262 g/mol. The molecule has 3 rings (SSSR count). The molecule has 1 aromatic heterocycles. The van der Waals surface area contributed by atoms with Gasteiger partial charge in [0.05, 0.1) is 0 Å². The van der Waals surface area contributed by atoms with Crippen molar-refractivity contribution in [3.8, 4) is 11.4 Å². The molecule has 0 saturated carbocycles. The molecule has 2 aromatic rings. The Bertz CT molecular complexity index is 584. The Morgan fingerprint density at radius 2 is 1.95 bits per heavy atom. The van der Waals surface area contributed by atoms with Crippen molar-refractivity contribution in [3.63, 3.8) is 0 Å². The lowest BCUT2D eigenvalue weighted by molar-refractivity contribution is 0.150. The van der Waals surface area contributed by atoms with Gasteiger partial charge in [0.15, 0.2) is 0 Å². The Kier molecular flexibility index (Phi) is 4.22. The molecule has 21 heavy (non-hydrogen) atoms. The maximum atomic E-state index is 5.87. The summed E-state index contributed by atoms with van der Waals surface area (Å²) in [6.07, 6.45) is 3.91. The average molecular weight is 285 g/mol. The average Bonchev–Trinajstić information content (AvgIpc) is 2.95. The van der Waals surface area contributed by atoms with E-state index >= 15 is 0 Å². The summed E-state index contributed by atoms with van der Waals surface area (Å²) in [6.45, 7) is 6.66. The molecule has 0 unspecified atom stereocenters. The zero-order valence-electron chi connectivity index (χ0n) is 12.6. The Balaban J connectivity index is 1.66. The van der Waals surface area contributed by atoms with Gasteiger partial charge < -0.3 is 15.2 Å². The molecule has 0 aliphatic carbocycles. The van der Waals surface area contributed by atoms with Crippen molar-refractivity contribution in [2.75, 3.05) is 45.5 Å². The van der Waals surface area contributed by atoms with Crippen LogP contribution in [-0.4, -0.2) is 59.1 Å². The summed E-state index contributed by atoms with van der Waals surface area (Å²) in [5, 5.41) is 0. The molecule has 0 radical (unpaired) electrons. The summed E-state index contributed by atoms with van der Waals surface area (Å²) >= 11 is 0. The monoisotopic (exact) mass is 285 g/mol. The zero-order chi connectivity index (χ0) is 14.7. The van der Waals surface area contributed by atoms with Gasteiger partial charge in [0.25, 0.3) is 0 Å². The van der Waals surface area contributed by atoms with Crippen LogP contribution in [0.1, 0.15) is 0 Å². The van der Waals surface area contributed by atoms with E-state index in [9.17, 15) is 0 Å². The molecule has 112 valence electrons. The highest BCUT2D eigenvalue weighted by atomic mass is 15.3. The fraction of sp³-hybridized carbons (Fsp3) is 0.438. The Morgan fingerprint density at radius 1 is 1.14 bits per heavy atom. The minimum absolute atomic E-state index is 0.779. The van der Waals surface area contributed by atoms with E-state index in [0.717, 1.165) is 56.3 Å². The topological polar surface area (TPSA) is 50.3 Å². The number of hydrogen-bond donors (Lipinski definition) is 1. The van der Waals surface area contributed by atoms with Crippen LogP contribution in [0.4, 0.5) is 5.69 Å². The van der Waals surface area contributed by atoms with E-state index in [1.165, 1.54) is 0 Å². The quantitative estimate of drug-likeness (QED) is 0.862. The van der Waals surface area contributed by atoms with Gasteiger partial charge in [0, 0.05) is 62.9 Å². The van der Waals surface area contributed by atoms with Crippen molar-refractivity contribution in [2.45, 2.75) is 6.54 Å². The van der Waals surface area contributed by atoms with Gasteiger partial charge in [-0.25, -0.2) is 4.98 Å². The van der Waals surface area contributed by atoms with Gasteiger partial charge in [-0.05, 0) is 19.2 Å². The molecule has 1 aromatic carbocycles. The number of nitrogens with zero attached hydrogens (tertiary/aromatic N) is 4. The molecule has 5 nitrogen and oxygen atoms in total. The lowest BCUT2D eigenvalue weighted by Crippen LogP contribution is -2.45. The predicted octanol–water partition coefficient (Wildman–Crippen LogP) is 1.38. The van der Waals surface area contributed by atoms with Gasteiger partial charge in [-0.15, -0.1) is 0 Å². The first-order valence-electron chi connectivity index (χ1n) is 7.50. The highest BCUT2D eigenvalue weighted by Gasteiger charge is 2.14. The van der Waals surface area contributed by atoms with E-state index in [0.29, 0.717) is 0 Å². The number of anilines is 1. The number of nitrogen functional groups attached to an aromatic ring is 1. The van der Waals surface area contributed by atoms with E-state index in [-0.39, 0.29) is 0 Å². The second-order valence-corrected chi connectivity index (χ2v) is 5.71. The molecule has 2 N–H and O–H groups in total. The van der Waals surface area contributed by atoms with Gasteiger partial charge in [-0.2, -0.15) is 0 Å². The highest BCUT2D eigenvalue weighted by molar-refractivity contribution is 5.61. The molecule has 0 bridgehead atoms. The number of imidazole rings is 1. The van der Waals surface area contributed by atoms with Crippen LogP contribution >= 0.6 is 0 Å². The minimum Gasteiger partial charge on any atom is -0.399 e. The van der Waals surface area contributed by atoms with E-state index in [4.69, 9.17) is 5.73 Å². The fourth-order valence-corrected chi connectivity index (χ4v) is 2.75. The zero-order valence-corrected chi connectivity index (χ0v) is 12.6. The fourth-order valence-electron chi connectivity index (χ4n) is 2.75. The van der Waals surface area contributed by atoms with E-state index in [1.807, 2.05) is 24.4 Å². The molecule has 5 heteroatoms. The van der Waals surface area contributed by atoms with Gasteiger partial charge in [0.1, 0.15) is 5.82 Å². The van der Waals surface area contributed by atoms with Crippen molar-refractivity contribution in [2.24, 2.45) is 0 Å². The lowest BCUT2D eigenvalue weighted by Gasteiger charge is -2.32. The highest BCUT2D eigenvalue weighted by Crippen LogP contribution is 2.19. The summed E-state index contributed by atoms with van der Waals surface area (Å²) in [4.78, 5) is 9.38. The Morgan fingerprint density at radius 3 is 2.71 bits per heavy atom. The van der Waals surface area contributed by atoms with E-state index < -0.39 is 0 Å². The van der Waals surface area contributed by atoms with Crippen LogP contribution in [0.3, 0.4) is 0 Å². The number of nitrogens with two attached hydrogens (primary N) is 1. The SMILES string of the molecule is CN1CCN(CCn2ccnc2-c2cccc(N)c2)CC1. The van der Waals surface area contributed by atoms with E-state index in [2.05, 4.69) is 38.7 Å². The number of likely N-dealkylation sites (N-methyl/N-ethyl adjacent to an activating group) is 1. The van der Waals surface area contributed by atoms with Gasteiger partial charge in [-0.3, -0.25) is 4.90 Å². The minimum atomic E-state index is 0.779. The van der Waals surface area contributed by atoms with Crippen molar-refractivity contribution in [3.05, 3.63) is 36.7 Å². The Labute approximate surface area is 126 Å². The maximum Gasteiger partial charge on any atom is 0.139 e. The summed E-state index contributed by atoms with van der Waals surface area (Å²) in [5.41, 5.74) is 7.73. The van der Waals surface area contributed by atoms with Gasteiger partial charge in [0.2, 0.25) is 0 Å².